The fourth-order valence-electron chi connectivity index (χ4n) is 3.84. The quantitative estimate of drug-likeness (QED) is 0.819. The lowest BCUT2D eigenvalue weighted by Gasteiger charge is -2.56. The van der Waals surface area contributed by atoms with E-state index < -0.39 is 5.54 Å². The molecule has 1 aliphatic carbocycles. The van der Waals surface area contributed by atoms with Crippen molar-refractivity contribution in [3.05, 3.63) is 0 Å². The van der Waals surface area contributed by atoms with Crippen LogP contribution >= 0.6 is 0 Å². The first-order valence-electron chi connectivity index (χ1n) is 8.53. The Hall–Kier alpha value is -0.610. The van der Waals surface area contributed by atoms with Crippen molar-refractivity contribution in [1.82, 2.24) is 10.2 Å². The molecule has 1 heterocycles. The van der Waals surface area contributed by atoms with E-state index in [0.29, 0.717) is 6.04 Å². The van der Waals surface area contributed by atoms with Gasteiger partial charge in [0.05, 0.1) is 17.8 Å². The minimum absolute atomic E-state index is 0.0400. The predicted molar refractivity (Wildman–Crippen MR) is 85.0 cm³/mol. The summed E-state index contributed by atoms with van der Waals surface area (Å²) in [7, 11) is 0. The van der Waals surface area contributed by atoms with Gasteiger partial charge in [-0.1, -0.05) is 34.1 Å². The Morgan fingerprint density at radius 2 is 1.95 bits per heavy atom. The van der Waals surface area contributed by atoms with E-state index in [-0.39, 0.29) is 23.6 Å². The van der Waals surface area contributed by atoms with Gasteiger partial charge in [-0.3, -0.25) is 10.1 Å². The average molecular weight is 296 g/mol. The molecule has 1 aliphatic heterocycles. The number of carbonyl (C=O) groups is 1. The monoisotopic (exact) mass is 296 g/mol. The first-order valence-corrected chi connectivity index (χ1v) is 8.53. The molecule has 4 heteroatoms. The van der Waals surface area contributed by atoms with Crippen LogP contribution in [-0.4, -0.2) is 41.3 Å². The molecule has 0 aromatic rings. The number of nitrogens with one attached hydrogen (secondary N) is 1. The maximum absolute atomic E-state index is 13.0. The third-order valence-corrected chi connectivity index (χ3v) is 5.63. The zero-order valence-corrected chi connectivity index (χ0v) is 14.5. The van der Waals surface area contributed by atoms with E-state index >= 15 is 0 Å². The van der Waals surface area contributed by atoms with Crippen molar-refractivity contribution in [2.75, 3.05) is 6.61 Å². The van der Waals surface area contributed by atoms with Crippen LogP contribution in [0.3, 0.4) is 0 Å². The zero-order valence-electron chi connectivity index (χ0n) is 14.5. The van der Waals surface area contributed by atoms with Gasteiger partial charge in [0.2, 0.25) is 5.91 Å². The standard InChI is InChI=1S/C17H32N2O2/c1-7-10-14-18-17(6,8-2)15(20)19(14)12-11-13(21-9-3)16(12,4)5/h12-14,18H,7-11H2,1-6H3. The van der Waals surface area contributed by atoms with Gasteiger partial charge in [0.15, 0.2) is 0 Å². The second kappa shape index (κ2) is 5.88. The minimum Gasteiger partial charge on any atom is -0.378 e. The number of rotatable bonds is 6. The summed E-state index contributed by atoms with van der Waals surface area (Å²) in [5.41, 5.74) is -0.356. The molecule has 2 rings (SSSR count). The molecular formula is C17H32N2O2. The first kappa shape index (κ1) is 16.8. The summed E-state index contributed by atoms with van der Waals surface area (Å²) in [4.78, 5) is 15.1. The molecule has 1 saturated heterocycles. The van der Waals surface area contributed by atoms with Crippen molar-refractivity contribution in [3.8, 4) is 0 Å². The van der Waals surface area contributed by atoms with Crippen LogP contribution in [0.25, 0.3) is 0 Å². The molecule has 1 amide bonds. The molecule has 0 bridgehead atoms. The first-order chi connectivity index (χ1) is 9.81. The predicted octanol–water partition coefficient (Wildman–Crippen LogP) is 2.92. The van der Waals surface area contributed by atoms with Gasteiger partial charge >= 0.3 is 0 Å². The lowest BCUT2D eigenvalue weighted by Crippen LogP contribution is -2.64. The molecule has 122 valence electrons. The van der Waals surface area contributed by atoms with E-state index in [1.807, 2.05) is 13.8 Å². The second-order valence-electron chi connectivity index (χ2n) is 7.36. The second-order valence-corrected chi connectivity index (χ2v) is 7.36. The SMILES string of the molecule is CCCC1NC(C)(CC)C(=O)N1C1CC(OCC)C1(C)C. The van der Waals surface area contributed by atoms with Gasteiger partial charge in [0.1, 0.15) is 0 Å². The van der Waals surface area contributed by atoms with E-state index in [0.717, 1.165) is 32.3 Å². The summed E-state index contributed by atoms with van der Waals surface area (Å²) in [6.45, 7) is 13.6. The van der Waals surface area contributed by atoms with E-state index in [1.54, 1.807) is 0 Å². The van der Waals surface area contributed by atoms with Gasteiger partial charge in [0.25, 0.3) is 0 Å². The van der Waals surface area contributed by atoms with Crippen LogP contribution in [0.1, 0.15) is 67.2 Å². The zero-order chi connectivity index (χ0) is 15.8. The maximum atomic E-state index is 13.0. The molecule has 2 aliphatic rings. The molecule has 4 unspecified atom stereocenters. The molecule has 0 radical (unpaired) electrons. The molecule has 21 heavy (non-hydrogen) atoms. The van der Waals surface area contributed by atoms with Crippen LogP contribution < -0.4 is 5.32 Å². The number of amides is 1. The Bertz CT molecular complexity index is 396. The Kier molecular flexibility index (Phi) is 4.69. The van der Waals surface area contributed by atoms with Gasteiger partial charge in [-0.25, -0.2) is 0 Å². The molecule has 0 aromatic heterocycles. The highest BCUT2D eigenvalue weighted by Gasteiger charge is 2.58. The molecule has 4 nitrogen and oxygen atoms in total. The van der Waals surface area contributed by atoms with Gasteiger partial charge in [-0.15, -0.1) is 0 Å². The van der Waals surface area contributed by atoms with Crippen molar-refractivity contribution < 1.29 is 9.53 Å². The molecule has 1 saturated carbocycles. The number of carbonyl (C=O) groups excluding carboxylic acids is 1. The van der Waals surface area contributed by atoms with Crippen LogP contribution in [0.5, 0.6) is 0 Å². The lowest BCUT2D eigenvalue weighted by molar-refractivity contribution is -0.169. The van der Waals surface area contributed by atoms with Gasteiger partial charge in [0, 0.05) is 18.1 Å². The smallest absolute Gasteiger partial charge is 0.244 e. The molecule has 4 atom stereocenters. The van der Waals surface area contributed by atoms with Crippen LogP contribution in [0.2, 0.25) is 0 Å². The Balaban J connectivity index is 2.19. The summed E-state index contributed by atoms with van der Waals surface area (Å²) < 4.78 is 5.83. The van der Waals surface area contributed by atoms with Gasteiger partial charge in [-0.05, 0) is 33.1 Å². The summed E-state index contributed by atoms with van der Waals surface area (Å²) in [6, 6.07) is 0.291. The third kappa shape index (κ3) is 2.61. The van der Waals surface area contributed by atoms with Crippen molar-refractivity contribution in [2.45, 2.75) is 91.1 Å². The van der Waals surface area contributed by atoms with Gasteiger partial charge < -0.3 is 9.64 Å². The number of hydrogen-bond donors (Lipinski definition) is 1. The van der Waals surface area contributed by atoms with Crippen LogP contribution in [0, 0.1) is 5.41 Å². The molecule has 2 fully saturated rings. The normalized spacial score (nSPS) is 38.7. The maximum Gasteiger partial charge on any atom is 0.244 e. The molecule has 1 N–H and O–H groups in total. The van der Waals surface area contributed by atoms with Crippen molar-refractivity contribution in [1.29, 1.82) is 0 Å². The van der Waals surface area contributed by atoms with E-state index in [4.69, 9.17) is 4.74 Å². The van der Waals surface area contributed by atoms with Crippen LogP contribution in [0.4, 0.5) is 0 Å². The molecule has 0 aromatic carbocycles. The highest BCUT2D eigenvalue weighted by atomic mass is 16.5. The summed E-state index contributed by atoms with van der Waals surface area (Å²) in [5, 5.41) is 3.59. The van der Waals surface area contributed by atoms with Crippen molar-refractivity contribution in [2.24, 2.45) is 5.41 Å². The number of hydrogen-bond acceptors (Lipinski definition) is 3. The number of nitrogens with zero attached hydrogens (tertiary/aromatic N) is 1. The van der Waals surface area contributed by atoms with E-state index in [1.165, 1.54) is 0 Å². The summed E-state index contributed by atoms with van der Waals surface area (Å²) in [5.74, 6) is 0.275. The van der Waals surface area contributed by atoms with E-state index in [9.17, 15) is 4.79 Å². The van der Waals surface area contributed by atoms with Crippen LogP contribution in [0.15, 0.2) is 0 Å². The van der Waals surface area contributed by atoms with E-state index in [2.05, 4.69) is 37.9 Å². The Morgan fingerprint density at radius 3 is 2.43 bits per heavy atom. The van der Waals surface area contributed by atoms with Gasteiger partial charge in [-0.2, -0.15) is 0 Å². The number of ether oxygens (including phenoxy) is 1. The topological polar surface area (TPSA) is 41.6 Å². The Morgan fingerprint density at radius 1 is 1.29 bits per heavy atom. The van der Waals surface area contributed by atoms with Crippen LogP contribution in [-0.2, 0) is 9.53 Å². The fourth-order valence-corrected chi connectivity index (χ4v) is 3.84. The summed E-state index contributed by atoms with van der Waals surface area (Å²) >= 11 is 0. The Labute approximate surface area is 129 Å². The van der Waals surface area contributed by atoms with Crippen molar-refractivity contribution >= 4 is 5.91 Å². The minimum atomic E-state index is -0.396. The largest absolute Gasteiger partial charge is 0.378 e. The molecular weight excluding hydrogens is 264 g/mol. The molecule has 0 spiro atoms. The van der Waals surface area contributed by atoms with Crippen molar-refractivity contribution in [3.63, 3.8) is 0 Å². The highest BCUT2D eigenvalue weighted by Crippen LogP contribution is 2.48. The fraction of sp³-hybridized carbons (Fsp3) is 0.941. The lowest BCUT2D eigenvalue weighted by atomic mass is 9.63. The highest BCUT2D eigenvalue weighted by molar-refractivity contribution is 5.88. The summed E-state index contributed by atoms with van der Waals surface area (Å²) in [6.07, 6.45) is 4.37. The average Bonchev–Trinajstić information content (AvgIpc) is 2.68. The third-order valence-electron chi connectivity index (χ3n) is 5.63.